The van der Waals surface area contributed by atoms with E-state index in [1.54, 1.807) is 30.5 Å². The Kier molecular flexibility index (Phi) is 4.19. The van der Waals surface area contributed by atoms with E-state index in [1.165, 1.54) is 0 Å². The van der Waals surface area contributed by atoms with Crippen molar-refractivity contribution in [2.75, 3.05) is 16.5 Å². The first-order valence-corrected chi connectivity index (χ1v) is 9.98. The van der Waals surface area contributed by atoms with Crippen molar-refractivity contribution in [2.24, 2.45) is 5.41 Å². The zero-order valence-corrected chi connectivity index (χ0v) is 16.3. The van der Waals surface area contributed by atoms with E-state index in [-0.39, 0.29) is 11.8 Å². The molecule has 0 fully saturated rings. The lowest BCUT2D eigenvalue weighted by molar-refractivity contribution is -0.135. The van der Waals surface area contributed by atoms with Gasteiger partial charge in [0.25, 0.3) is 0 Å². The van der Waals surface area contributed by atoms with Crippen LogP contribution in [0.4, 0.5) is 17.1 Å². The number of nitrogens with zero attached hydrogens (tertiary/aromatic N) is 1. The van der Waals surface area contributed by atoms with Crippen LogP contribution in [0, 0.1) is 5.41 Å². The molecule has 4 nitrogen and oxygen atoms in total. The summed E-state index contributed by atoms with van der Waals surface area (Å²) in [5, 5.41) is 4.93. The SMILES string of the molecule is CSc1ccc(N2C(=O)C(C)(C)C(=O)Nc3c2ccc2ccccc32)cc1. The average molecular weight is 376 g/mol. The molecule has 1 N–H and O–H groups in total. The molecule has 2 amide bonds. The number of benzene rings is 3. The van der Waals surface area contributed by atoms with Crippen LogP contribution in [0.25, 0.3) is 10.8 Å². The third-order valence-electron chi connectivity index (χ3n) is 5.02. The van der Waals surface area contributed by atoms with Crippen LogP contribution in [-0.4, -0.2) is 18.1 Å². The first kappa shape index (κ1) is 17.6. The predicted octanol–water partition coefficient (Wildman–Crippen LogP) is 5.20. The standard InChI is InChI=1S/C22H20N2O2S/c1-22(2)20(25)23-19-17-7-5-4-6-14(17)8-13-18(19)24(21(22)26)15-9-11-16(27-3)12-10-15/h4-13H,1-3H3,(H,23,25). The Hall–Kier alpha value is -2.79. The maximum Gasteiger partial charge on any atom is 0.246 e. The van der Waals surface area contributed by atoms with Gasteiger partial charge in [0.1, 0.15) is 5.41 Å². The van der Waals surface area contributed by atoms with Crippen LogP contribution in [0.3, 0.4) is 0 Å². The zero-order valence-electron chi connectivity index (χ0n) is 15.4. The van der Waals surface area contributed by atoms with E-state index < -0.39 is 5.41 Å². The van der Waals surface area contributed by atoms with Crippen LogP contribution in [0.2, 0.25) is 0 Å². The summed E-state index contributed by atoms with van der Waals surface area (Å²) in [4.78, 5) is 29.0. The highest BCUT2D eigenvalue weighted by Gasteiger charge is 2.44. The highest BCUT2D eigenvalue weighted by Crippen LogP contribution is 2.43. The summed E-state index contributed by atoms with van der Waals surface area (Å²) in [7, 11) is 0. The third kappa shape index (κ3) is 2.79. The van der Waals surface area contributed by atoms with Crippen LogP contribution < -0.4 is 10.2 Å². The molecule has 1 aliphatic rings. The molecule has 1 aliphatic heterocycles. The molecule has 3 aromatic rings. The number of hydrogen-bond acceptors (Lipinski definition) is 3. The summed E-state index contributed by atoms with van der Waals surface area (Å²) in [6, 6.07) is 19.6. The number of rotatable bonds is 2. The smallest absolute Gasteiger partial charge is 0.246 e. The lowest BCUT2D eigenvalue weighted by Gasteiger charge is -2.28. The minimum Gasteiger partial charge on any atom is -0.323 e. The number of anilines is 3. The maximum absolute atomic E-state index is 13.4. The summed E-state index contributed by atoms with van der Waals surface area (Å²) in [6.07, 6.45) is 2.01. The molecular formula is C22H20N2O2S. The number of fused-ring (bicyclic) bond motifs is 3. The molecule has 0 spiro atoms. The van der Waals surface area contributed by atoms with E-state index in [2.05, 4.69) is 5.32 Å². The normalized spacial score (nSPS) is 16.0. The molecule has 0 aliphatic carbocycles. The van der Waals surface area contributed by atoms with Crippen molar-refractivity contribution in [3.63, 3.8) is 0 Å². The van der Waals surface area contributed by atoms with Gasteiger partial charge in [-0.15, -0.1) is 11.8 Å². The molecule has 0 saturated carbocycles. The Labute approximate surface area is 162 Å². The molecule has 0 radical (unpaired) electrons. The second-order valence-electron chi connectivity index (χ2n) is 7.10. The summed E-state index contributed by atoms with van der Waals surface area (Å²) < 4.78 is 0. The summed E-state index contributed by atoms with van der Waals surface area (Å²) >= 11 is 1.65. The number of hydrogen-bond donors (Lipinski definition) is 1. The van der Waals surface area contributed by atoms with Crippen LogP contribution in [0.15, 0.2) is 65.6 Å². The van der Waals surface area contributed by atoms with Crippen molar-refractivity contribution in [2.45, 2.75) is 18.7 Å². The molecule has 0 unspecified atom stereocenters. The van der Waals surface area contributed by atoms with E-state index in [0.29, 0.717) is 11.4 Å². The molecule has 136 valence electrons. The molecule has 5 heteroatoms. The molecule has 1 heterocycles. The predicted molar refractivity (Wildman–Crippen MR) is 112 cm³/mol. The second-order valence-corrected chi connectivity index (χ2v) is 7.98. The van der Waals surface area contributed by atoms with E-state index in [4.69, 9.17) is 0 Å². The van der Waals surface area contributed by atoms with Crippen molar-refractivity contribution in [1.29, 1.82) is 0 Å². The molecule has 0 bridgehead atoms. The van der Waals surface area contributed by atoms with Gasteiger partial charge < -0.3 is 5.32 Å². The highest BCUT2D eigenvalue weighted by molar-refractivity contribution is 7.98. The van der Waals surface area contributed by atoms with Crippen LogP contribution in [0.5, 0.6) is 0 Å². The number of carbonyl (C=O) groups excluding carboxylic acids is 2. The Morgan fingerprint density at radius 3 is 2.33 bits per heavy atom. The first-order chi connectivity index (χ1) is 12.9. The third-order valence-corrected chi connectivity index (χ3v) is 5.77. The molecule has 0 atom stereocenters. The van der Waals surface area contributed by atoms with Gasteiger partial charge in [0.15, 0.2) is 0 Å². The first-order valence-electron chi connectivity index (χ1n) is 8.75. The van der Waals surface area contributed by atoms with Gasteiger partial charge in [0.05, 0.1) is 11.4 Å². The number of nitrogens with one attached hydrogen (secondary N) is 1. The van der Waals surface area contributed by atoms with Gasteiger partial charge in [-0.05, 0) is 55.8 Å². The average Bonchev–Trinajstić information content (AvgIpc) is 2.76. The fourth-order valence-corrected chi connectivity index (χ4v) is 3.73. The quantitative estimate of drug-likeness (QED) is 0.494. The van der Waals surface area contributed by atoms with Crippen molar-refractivity contribution in [1.82, 2.24) is 0 Å². The Morgan fingerprint density at radius 2 is 1.63 bits per heavy atom. The minimum absolute atomic E-state index is 0.245. The lowest BCUT2D eigenvalue weighted by atomic mass is 9.90. The number of thioether (sulfide) groups is 1. The second kappa shape index (κ2) is 6.43. The lowest BCUT2D eigenvalue weighted by Crippen LogP contribution is -2.43. The monoisotopic (exact) mass is 376 g/mol. The molecule has 27 heavy (non-hydrogen) atoms. The van der Waals surface area contributed by atoms with Gasteiger partial charge in [-0.1, -0.05) is 30.3 Å². The number of carbonyl (C=O) groups is 2. The molecule has 0 saturated heterocycles. The van der Waals surface area contributed by atoms with E-state index in [0.717, 1.165) is 21.4 Å². The zero-order chi connectivity index (χ0) is 19.2. The highest BCUT2D eigenvalue weighted by atomic mass is 32.2. The van der Waals surface area contributed by atoms with Crippen LogP contribution in [-0.2, 0) is 9.59 Å². The van der Waals surface area contributed by atoms with Gasteiger partial charge in [0.2, 0.25) is 11.8 Å². The summed E-state index contributed by atoms with van der Waals surface area (Å²) in [6.45, 7) is 3.34. The van der Waals surface area contributed by atoms with E-state index in [1.807, 2.05) is 66.9 Å². The van der Waals surface area contributed by atoms with Crippen molar-refractivity contribution in [3.8, 4) is 0 Å². The minimum atomic E-state index is -1.18. The fourth-order valence-electron chi connectivity index (χ4n) is 3.32. The fraction of sp³-hybridized carbons (Fsp3) is 0.182. The Morgan fingerprint density at radius 1 is 0.926 bits per heavy atom. The Bertz CT molecular complexity index is 1060. The van der Waals surface area contributed by atoms with Crippen LogP contribution in [0.1, 0.15) is 13.8 Å². The van der Waals surface area contributed by atoms with Gasteiger partial charge in [-0.3, -0.25) is 14.5 Å². The summed E-state index contributed by atoms with van der Waals surface area (Å²) in [5.41, 5.74) is 0.928. The topological polar surface area (TPSA) is 49.4 Å². The van der Waals surface area contributed by atoms with Gasteiger partial charge >= 0.3 is 0 Å². The van der Waals surface area contributed by atoms with Crippen molar-refractivity contribution < 1.29 is 9.59 Å². The van der Waals surface area contributed by atoms with Crippen molar-refractivity contribution in [3.05, 3.63) is 60.7 Å². The molecular weight excluding hydrogens is 356 g/mol. The molecule has 0 aromatic heterocycles. The molecule has 3 aromatic carbocycles. The summed E-state index contributed by atoms with van der Waals surface area (Å²) in [5.74, 6) is -0.542. The van der Waals surface area contributed by atoms with Gasteiger partial charge in [-0.2, -0.15) is 0 Å². The number of amides is 2. The Balaban J connectivity index is 1.99. The van der Waals surface area contributed by atoms with Crippen LogP contribution >= 0.6 is 11.8 Å². The van der Waals surface area contributed by atoms with Gasteiger partial charge in [-0.25, -0.2) is 0 Å². The van der Waals surface area contributed by atoms with E-state index in [9.17, 15) is 9.59 Å². The largest absolute Gasteiger partial charge is 0.323 e. The van der Waals surface area contributed by atoms with E-state index >= 15 is 0 Å². The maximum atomic E-state index is 13.4. The molecule has 4 rings (SSSR count). The van der Waals surface area contributed by atoms with Gasteiger partial charge in [0, 0.05) is 16.0 Å². The van der Waals surface area contributed by atoms with Crippen molar-refractivity contribution >= 4 is 51.4 Å².